The van der Waals surface area contributed by atoms with Gasteiger partial charge in [-0.15, -0.1) is 0 Å². The number of ether oxygens (including phenoxy) is 1. The molecule has 1 aliphatic rings. The zero-order valence-corrected chi connectivity index (χ0v) is 8.64. The van der Waals surface area contributed by atoms with Gasteiger partial charge in [-0.2, -0.15) is 13.2 Å². The molecule has 1 N–H and O–H groups in total. The van der Waals surface area contributed by atoms with E-state index in [9.17, 15) is 18.3 Å². The zero-order chi connectivity index (χ0) is 12.0. The van der Waals surface area contributed by atoms with Crippen LogP contribution in [-0.4, -0.2) is 12.2 Å². The van der Waals surface area contributed by atoms with Gasteiger partial charge in [0, 0.05) is 0 Å². The highest BCUT2D eigenvalue weighted by Crippen LogP contribution is 2.47. The van der Waals surface area contributed by atoms with Gasteiger partial charge in [0.2, 0.25) is 0 Å². The lowest BCUT2D eigenvalue weighted by molar-refractivity contribution is -0.138. The zero-order valence-electron chi connectivity index (χ0n) is 8.64. The van der Waals surface area contributed by atoms with E-state index in [0.717, 1.165) is 6.07 Å². The summed E-state index contributed by atoms with van der Waals surface area (Å²) in [6.45, 7) is 0. The maximum Gasteiger partial charge on any atom is 0.419 e. The standard InChI is InChI=1S/C11H11F3O2/c1-16-9-6-7(10(15)4-5-10)2-3-8(9)11(12,13)14/h2-3,6,15H,4-5H2,1H3. The first-order valence-corrected chi connectivity index (χ1v) is 4.85. The van der Waals surface area contributed by atoms with Crippen LogP contribution in [0.5, 0.6) is 5.75 Å². The summed E-state index contributed by atoms with van der Waals surface area (Å²) in [5.41, 5.74) is -1.28. The molecule has 1 aliphatic carbocycles. The van der Waals surface area contributed by atoms with E-state index < -0.39 is 17.3 Å². The number of benzene rings is 1. The first-order valence-electron chi connectivity index (χ1n) is 4.85. The van der Waals surface area contributed by atoms with Crippen LogP contribution in [-0.2, 0) is 11.8 Å². The van der Waals surface area contributed by atoms with Crippen LogP contribution < -0.4 is 4.74 Å². The summed E-state index contributed by atoms with van der Waals surface area (Å²) in [5.74, 6) is -0.245. The van der Waals surface area contributed by atoms with Crippen LogP contribution in [0.1, 0.15) is 24.0 Å². The molecule has 5 heteroatoms. The van der Waals surface area contributed by atoms with Crippen LogP contribution in [0.2, 0.25) is 0 Å². The van der Waals surface area contributed by atoms with Crippen molar-refractivity contribution in [1.82, 2.24) is 0 Å². The van der Waals surface area contributed by atoms with E-state index in [2.05, 4.69) is 0 Å². The molecule has 2 rings (SSSR count). The van der Waals surface area contributed by atoms with Crippen LogP contribution in [0.4, 0.5) is 13.2 Å². The van der Waals surface area contributed by atoms with Crippen molar-refractivity contribution < 1.29 is 23.0 Å². The molecule has 0 aliphatic heterocycles. The Balaban J connectivity index is 2.43. The fraction of sp³-hybridized carbons (Fsp3) is 0.455. The Morgan fingerprint density at radius 2 is 1.94 bits per heavy atom. The van der Waals surface area contributed by atoms with Crippen molar-refractivity contribution in [3.05, 3.63) is 29.3 Å². The number of hydrogen-bond donors (Lipinski definition) is 1. The van der Waals surface area contributed by atoms with Crippen LogP contribution >= 0.6 is 0 Å². The normalized spacial score (nSPS) is 18.3. The van der Waals surface area contributed by atoms with E-state index in [1.54, 1.807) is 0 Å². The van der Waals surface area contributed by atoms with Gasteiger partial charge in [-0.25, -0.2) is 0 Å². The van der Waals surface area contributed by atoms with Gasteiger partial charge in [-0.3, -0.25) is 0 Å². The topological polar surface area (TPSA) is 29.5 Å². The molecule has 1 aromatic rings. The quantitative estimate of drug-likeness (QED) is 0.849. The van der Waals surface area contributed by atoms with Gasteiger partial charge in [0.05, 0.1) is 18.3 Å². The molecular formula is C11H11F3O2. The molecule has 0 unspecified atom stereocenters. The predicted octanol–water partition coefficient (Wildman–Crippen LogP) is 2.70. The lowest BCUT2D eigenvalue weighted by Crippen LogP contribution is -2.10. The van der Waals surface area contributed by atoms with Crippen molar-refractivity contribution in [2.24, 2.45) is 0 Å². The Bertz CT molecular complexity index is 408. The lowest BCUT2D eigenvalue weighted by Gasteiger charge is -2.15. The molecular weight excluding hydrogens is 221 g/mol. The fourth-order valence-electron chi connectivity index (χ4n) is 1.62. The Hall–Kier alpha value is -1.23. The van der Waals surface area contributed by atoms with Gasteiger partial charge in [0.25, 0.3) is 0 Å². The Morgan fingerprint density at radius 3 is 2.38 bits per heavy atom. The minimum Gasteiger partial charge on any atom is -0.496 e. The molecule has 1 saturated carbocycles. The van der Waals surface area contributed by atoms with Crippen LogP contribution in [0.15, 0.2) is 18.2 Å². The molecule has 0 saturated heterocycles. The highest BCUT2D eigenvalue weighted by atomic mass is 19.4. The molecule has 0 aromatic heterocycles. The van der Waals surface area contributed by atoms with Crippen molar-refractivity contribution in [2.45, 2.75) is 24.6 Å². The van der Waals surface area contributed by atoms with E-state index in [0.29, 0.717) is 18.4 Å². The van der Waals surface area contributed by atoms with E-state index in [1.807, 2.05) is 0 Å². The maximum atomic E-state index is 12.5. The number of halogens is 3. The molecule has 0 bridgehead atoms. The van der Waals surface area contributed by atoms with Crippen molar-refractivity contribution in [3.8, 4) is 5.75 Å². The van der Waals surface area contributed by atoms with Gasteiger partial charge in [0.15, 0.2) is 0 Å². The van der Waals surface area contributed by atoms with E-state index in [-0.39, 0.29) is 5.75 Å². The SMILES string of the molecule is COc1cc(C2(O)CC2)ccc1C(F)(F)F. The second-order valence-electron chi connectivity index (χ2n) is 3.94. The number of alkyl halides is 3. The summed E-state index contributed by atoms with van der Waals surface area (Å²) in [5, 5.41) is 9.78. The minimum absolute atomic E-state index is 0.245. The van der Waals surface area contributed by atoms with E-state index >= 15 is 0 Å². The summed E-state index contributed by atoms with van der Waals surface area (Å²) in [6.07, 6.45) is -3.26. The minimum atomic E-state index is -4.43. The maximum absolute atomic E-state index is 12.5. The molecule has 0 spiro atoms. The Labute approximate surface area is 90.7 Å². The lowest BCUT2D eigenvalue weighted by atomic mass is 10.0. The summed E-state index contributed by atoms with van der Waals surface area (Å²) in [4.78, 5) is 0. The third-order valence-corrected chi connectivity index (χ3v) is 2.77. The first-order chi connectivity index (χ1) is 7.37. The Morgan fingerprint density at radius 1 is 1.31 bits per heavy atom. The van der Waals surface area contributed by atoms with Gasteiger partial charge in [-0.1, -0.05) is 6.07 Å². The summed E-state index contributed by atoms with van der Waals surface area (Å²) < 4.78 is 42.3. The number of methoxy groups -OCH3 is 1. The second-order valence-corrected chi connectivity index (χ2v) is 3.94. The fourth-order valence-corrected chi connectivity index (χ4v) is 1.62. The largest absolute Gasteiger partial charge is 0.496 e. The molecule has 0 heterocycles. The first kappa shape index (κ1) is 11.3. The number of aliphatic hydroxyl groups is 1. The van der Waals surface area contributed by atoms with Crippen molar-refractivity contribution in [2.75, 3.05) is 7.11 Å². The van der Waals surface area contributed by atoms with Crippen molar-refractivity contribution >= 4 is 0 Å². The van der Waals surface area contributed by atoms with Gasteiger partial charge < -0.3 is 9.84 Å². The van der Waals surface area contributed by atoms with Gasteiger partial charge >= 0.3 is 6.18 Å². The molecule has 0 radical (unpaired) electrons. The summed E-state index contributed by atoms with van der Waals surface area (Å²) in [6, 6.07) is 3.51. The molecule has 88 valence electrons. The monoisotopic (exact) mass is 232 g/mol. The Kier molecular flexibility index (Phi) is 2.38. The molecule has 1 fully saturated rings. The predicted molar refractivity (Wildman–Crippen MR) is 51.1 cm³/mol. The third-order valence-electron chi connectivity index (χ3n) is 2.77. The average molecular weight is 232 g/mol. The van der Waals surface area contributed by atoms with E-state index in [4.69, 9.17) is 4.74 Å². The smallest absolute Gasteiger partial charge is 0.419 e. The van der Waals surface area contributed by atoms with E-state index in [1.165, 1.54) is 19.2 Å². The van der Waals surface area contributed by atoms with Crippen molar-refractivity contribution in [3.63, 3.8) is 0 Å². The second kappa shape index (κ2) is 3.38. The van der Waals surface area contributed by atoms with Crippen LogP contribution in [0.25, 0.3) is 0 Å². The van der Waals surface area contributed by atoms with Gasteiger partial charge in [0.1, 0.15) is 5.75 Å². The van der Waals surface area contributed by atoms with Crippen LogP contribution in [0.3, 0.4) is 0 Å². The molecule has 0 atom stereocenters. The molecule has 1 aromatic carbocycles. The third kappa shape index (κ3) is 1.87. The average Bonchev–Trinajstić information content (AvgIpc) is 2.95. The van der Waals surface area contributed by atoms with Crippen LogP contribution in [0, 0.1) is 0 Å². The number of rotatable bonds is 2. The molecule has 2 nitrogen and oxygen atoms in total. The van der Waals surface area contributed by atoms with Gasteiger partial charge in [-0.05, 0) is 30.5 Å². The highest BCUT2D eigenvalue weighted by molar-refractivity contribution is 5.42. The summed E-state index contributed by atoms with van der Waals surface area (Å²) in [7, 11) is 1.19. The highest BCUT2D eigenvalue weighted by Gasteiger charge is 2.43. The van der Waals surface area contributed by atoms with Crippen molar-refractivity contribution in [1.29, 1.82) is 0 Å². The molecule has 0 amide bonds. The molecule has 16 heavy (non-hydrogen) atoms. The number of hydrogen-bond acceptors (Lipinski definition) is 2. The summed E-state index contributed by atoms with van der Waals surface area (Å²) >= 11 is 0.